The first kappa shape index (κ1) is 23.2. The third-order valence-corrected chi connectivity index (χ3v) is 5.23. The molecule has 0 bridgehead atoms. The Balaban J connectivity index is 0.00000300. The summed E-state index contributed by atoms with van der Waals surface area (Å²) >= 11 is 0. The molecule has 29 heavy (non-hydrogen) atoms. The Labute approximate surface area is 178 Å². The minimum Gasteiger partial charge on any atom is -0.466 e. The summed E-state index contributed by atoms with van der Waals surface area (Å²) in [4.78, 5) is 38.2. The Morgan fingerprint density at radius 3 is 2.31 bits per heavy atom. The second kappa shape index (κ2) is 11.2. The molecule has 2 aliphatic rings. The highest BCUT2D eigenvalue weighted by Gasteiger charge is 2.28. The maximum Gasteiger partial charge on any atom is 0.309 e. The molecule has 2 fully saturated rings. The molecule has 8 heteroatoms. The molecular formula is C21H30ClN3O4. The smallest absolute Gasteiger partial charge is 0.309 e. The molecule has 7 nitrogen and oxygen atoms in total. The van der Waals surface area contributed by atoms with Gasteiger partial charge in [-0.2, -0.15) is 0 Å². The summed E-state index contributed by atoms with van der Waals surface area (Å²) in [6.07, 6.45) is 3.77. The molecule has 0 radical (unpaired) electrons. The van der Waals surface area contributed by atoms with Gasteiger partial charge in [-0.1, -0.05) is 0 Å². The second-order valence-corrected chi connectivity index (χ2v) is 7.52. The van der Waals surface area contributed by atoms with Gasteiger partial charge in [0.2, 0.25) is 5.91 Å². The summed E-state index contributed by atoms with van der Waals surface area (Å²) in [5.41, 5.74) is 1.26. The number of hydrogen-bond donors (Lipinski definition) is 2. The van der Waals surface area contributed by atoms with Gasteiger partial charge < -0.3 is 20.3 Å². The lowest BCUT2D eigenvalue weighted by Gasteiger charge is -2.31. The van der Waals surface area contributed by atoms with Gasteiger partial charge in [0.25, 0.3) is 5.91 Å². The molecule has 2 amide bonds. The van der Waals surface area contributed by atoms with Crippen molar-refractivity contribution in [3.8, 4) is 0 Å². The second-order valence-electron chi connectivity index (χ2n) is 7.52. The molecule has 1 aliphatic heterocycles. The number of rotatable bonds is 8. The number of ether oxygens (including phenoxy) is 1. The van der Waals surface area contributed by atoms with E-state index in [4.69, 9.17) is 4.74 Å². The van der Waals surface area contributed by atoms with E-state index in [1.807, 2.05) is 0 Å². The van der Waals surface area contributed by atoms with Crippen LogP contribution in [0.3, 0.4) is 0 Å². The Bertz CT molecular complexity index is 698. The van der Waals surface area contributed by atoms with E-state index in [1.54, 1.807) is 36.1 Å². The quantitative estimate of drug-likeness (QED) is 0.627. The van der Waals surface area contributed by atoms with Crippen LogP contribution in [0, 0.1) is 11.8 Å². The van der Waals surface area contributed by atoms with Gasteiger partial charge in [-0.05, 0) is 69.3 Å². The van der Waals surface area contributed by atoms with E-state index in [9.17, 15) is 14.4 Å². The minimum absolute atomic E-state index is 0. The average molecular weight is 424 g/mol. The predicted molar refractivity (Wildman–Crippen MR) is 113 cm³/mol. The van der Waals surface area contributed by atoms with Crippen molar-refractivity contribution in [3.63, 3.8) is 0 Å². The molecule has 1 aromatic rings. The topological polar surface area (TPSA) is 87.7 Å². The lowest BCUT2D eigenvalue weighted by atomic mass is 9.96. The molecule has 1 heterocycles. The molecule has 2 N–H and O–H groups in total. The van der Waals surface area contributed by atoms with Crippen LogP contribution in [-0.4, -0.2) is 55.5 Å². The summed E-state index contributed by atoms with van der Waals surface area (Å²) in [6, 6.07) is 6.95. The van der Waals surface area contributed by atoms with Gasteiger partial charge in [-0.3, -0.25) is 14.4 Å². The molecule has 1 aromatic carbocycles. The van der Waals surface area contributed by atoms with Crippen molar-refractivity contribution in [2.45, 2.75) is 32.6 Å². The van der Waals surface area contributed by atoms with Crippen molar-refractivity contribution in [1.82, 2.24) is 10.2 Å². The van der Waals surface area contributed by atoms with Crippen LogP contribution in [0.15, 0.2) is 24.3 Å². The fourth-order valence-corrected chi connectivity index (χ4v) is 3.37. The first-order valence-corrected chi connectivity index (χ1v) is 10.1. The zero-order valence-electron chi connectivity index (χ0n) is 16.8. The Morgan fingerprint density at radius 2 is 1.72 bits per heavy atom. The lowest BCUT2D eigenvalue weighted by Crippen LogP contribution is -2.40. The van der Waals surface area contributed by atoms with Gasteiger partial charge >= 0.3 is 5.97 Å². The van der Waals surface area contributed by atoms with Crippen LogP contribution in [0.25, 0.3) is 0 Å². The third kappa shape index (κ3) is 7.01. The highest BCUT2D eigenvalue weighted by Crippen LogP contribution is 2.27. The molecule has 0 unspecified atom stereocenters. The fraction of sp³-hybridized carbons (Fsp3) is 0.571. The van der Waals surface area contributed by atoms with E-state index < -0.39 is 0 Å². The van der Waals surface area contributed by atoms with E-state index in [1.165, 1.54) is 12.8 Å². The molecule has 0 atom stereocenters. The van der Waals surface area contributed by atoms with Crippen LogP contribution < -0.4 is 10.6 Å². The Kier molecular flexibility index (Phi) is 8.92. The van der Waals surface area contributed by atoms with Gasteiger partial charge in [0.1, 0.15) is 0 Å². The van der Waals surface area contributed by atoms with Crippen molar-refractivity contribution < 1.29 is 19.1 Å². The standard InChI is InChI=1S/C21H29N3O4.ClH/c1-2-28-21(27)17-9-11-24(12-10-17)20(26)16-5-7-18(8-6-16)23-19(25)14-22-13-15-3-4-15;/h5-8,15,17,22H,2-4,9-14H2,1H3,(H,23,25);1H. The number of amides is 2. The van der Waals surface area contributed by atoms with Gasteiger partial charge in [0.15, 0.2) is 0 Å². The number of carbonyl (C=O) groups is 3. The minimum atomic E-state index is -0.165. The zero-order chi connectivity index (χ0) is 19.9. The number of nitrogens with zero attached hydrogens (tertiary/aromatic N) is 1. The first-order chi connectivity index (χ1) is 13.6. The zero-order valence-corrected chi connectivity index (χ0v) is 17.6. The third-order valence-electron chi connectivity index (χ3n) is 5.23. The maximum atomic E-state index is 12.7. The fourth-order valence-electron chi connectivity index (χ4n) is 3.37. The number of esters is 1. The molecule has 0 spiro atoms. The van der Waals surface area contributed by atoms with Gasteiger partial charge in [0.05, 0.1) is 19.1 Å². The number of piperidine rings is 1. The normalized spacial score (nSPS) is 16.7. The maximum absolute atomic E-state index is 12.7. The Hall–Kier alpha value is -2.12. The van der Waals surface area contributed by atoms with E-state index in [-0.39, 0.29) is 36.1 Å². The monoisotopic (exact) mass is 423 g/mol. The summed E-state index contributed by atoms with van der Waals surface area (Å²) in [5, 5.41) is 5.99. The van der Waals surface area contributed by atoms with Crippen molar-refractivity contribution in [2.24, 2.45) is 11.8 Å². The summed E-state index contributed by atoms with van der Waals surface area (Å²) in [6.45, 7) is 4.48. The highest BCUT2D eigenvalue weighted by molar-refractivity contribution is 5.96. The average Bonchev–Trinajstić information content (AvgIpc) is 3.53. The van der Waals surface area contributed by atoms with E-state index in [0.29, 0.717) is 50.3 Å². The van der Waals surface area contributed by atoms with Crippen molar-refractivity contribution >= 4 is 35.9 Å². The van der Waals surface area contributed by atoms with Gasteiger partial charge in [-0.25, -0.2) is 0 Å². The van der Waals surface area contributed by atoms with Crippen LogP contribution >= 0.6 is 12.4 Å². The van der Waals surface area contributed by atoms with Crippen molar-refractivity contribution in [3.05, 3.63) is 29.8 Å². The predicted octanol–water partition coefficient (Wildman–Crippen LogP) is 2.46. The molecule has 1 aliphatic carbocycles. The summed E-state index contributed by atoms with van der Waals surface area (Å²) in [7, 11) is 0. The lowest BCUT2D eigenvalue weighted by molar-refractivity contribution is -0.149. The van der Waals surface area contributed by atoms with Crippen LogP contribution in [0.4, 0.5) is 5.69 Å². The van der Waals surface area contributed by atoms with Crippen molar-refractivity contribution in [1.29, 1.82) is 0 Å². The van der Waals surface area contributed by atoms with Crippen LogP contribution in [0.5, 0.6) is 0 Å². The molecule has 0 aromatic heterocycles. The first-order valence-electron chi connectivity index (χ1n) is 10.1. The number of anilines is 1. The molecular weight excluding hydrogens is 394 g/mol. The van der Waals surface area contributed by atoms with E-state index >= 15 is 0 Å². The van der Waals surface area contributed by atoms with Crippen LogP contribution in [0.2, 0.25) is 0 Å². The highest BCUT2D eigenvalue weighted by atomic mass is 35.5. The Morgan fingerprint density at radius 1 is 1.07 bits per heavy atom. The summed E-state index contributed by atoms with van der Waals surface area (Å²) < 4.78 is 5.06. The van der Waals surface area contributed by atoms with Gasteiger partial charge in [-0.15, -0.1) is 12.4 Å². The summed E-state index contributed by atoms with van der Waals surface area (Å²) in [5.74, 6) is 0.323. The number of benzene rings is 1. The van der Waals surface area contributed by atoms with E-state index in [2.05, 4.69) is 10.6 Å². The van der Waals surface area contributed by atoms with Crippen LogP contribution in [0.1, 0.15) is 43.0 Å². The molecule has 1 saturated carbocycles. The number of nitrogens with one attached hydrogen (secondary N) is 2. The number of likely N-dealkylation sites (tertiary alicyclic amines) is 1. The molecule has 1 saturated heterocycles. The van der Waals surface area contributed by atoms with Crippen molar-refractivity contribution in [2.75, 3.05) is 38.1 Å². The van der Waals surface area contributed by atoms with Crippen LogP contribution in [-0.2, 0) is 14.3 Å². The number of carbonyl (C=O) groups excluding carboxylic acids is 3. The SMILES string of the molecule is CCOC(=O)C1CCN(C(=O)c2ccc(NC(=O)CNCC3CC3)cc2)CC1.Cl. The molecule has 3 rings (SSSR count). The largest absolute Gasteiger partial charge is 0.466 e. The number of hydrogen-bond acceptors (Lipinski definition) is 5. The van der Waals surface area contributed by atoms with Gasteiger partial charge in [0, 0.05) is 24.3 Å². The molecule has 160 valence electrons. The van der Waals surface area contributed by atoms with E-state index in [0.717, 1.165) is 12.5 Å². The number of halogens is 1.